The van der Waals surface area contributed by atoms with E-state index >= 15 is 0 Å². The lowest BCUT2D eigenvalue weighted by Gasteiger charge is -2.03. The topological polar surface area (TPSA) is 81.6 Å². The van der Waals surface area contributed by atoms with Gasteiger partial charge in [-0.2, -0.15) is 9.67 Å². The highest BCUT2D eigenvalue weighted by atomic mass is 32.1. The Hall–Kier alpha value is -2.15. The van der Waals surface area contributed by atoms with Crippen molar-refractivity contribution in [3.05, 3.63) is 24.3 Å². The van der Waals surface area contributed by atoms with Crippen molar-refractivity contribution in [3.8, 4) is 5.13 Å². The Morgan fingerprint density at radius 1 is 1.30 bits per heavy atom. The highest BCUT2D eigenvalue weighted by Crippen LogP contribution is 2.25. The van der Waals surface area contributed by atoms with Gasteiger partial charge in [-0.05, 0) is 18.1 Å². The standard InChI is InChI=1S/C13H16N6S/c1-8(2)7-15-12-17-11(14)19(18-12)13-16-9-5-3-4-6-10(9)20-13/h3-6,8H,7H2,1-2H3,(H3,14,15,17,18). The van der Waals surface area contributed by atoms with Gasteiger partial charge in [0, 0.05) is 6.54 Å². The summed E-state index contributed by atoms with van der Waals surface area (Å²) in [5.74, 6) is 1.40. The van der Waals surface area contributed by atoms with Crippen molar-refractivity contribution in [2.45, 2.75) is 13.8 Å². The number of hydrogen-bond acceptors (Lipinski definition) is 6. The molecule has 0 spiro atoms. The zero-order valence-electron chi connectivity index (χ0n) is 11.4. The van der Waals surface area contributed by atoms with E-state index in [0.717, 1.165) is 21.9 Å². The van der Waals surface area contributed by atoms with Gasteiger partial charge in [-0.3, -0.25) is 0 Å². The molecule has 0 aliphatic rings. The van der Waals surface area contributed by atoms with E-state index in [9.17, 15) is 0 Å². The molecule has 20 heavy (non-hydrogen) atoms. The predicted octanol–water partition coefficient (Wildman–Crippen LogP) is 2.53. The van der Waals surface area contributed by atoms with Crippen LogP contribution in [0.4, 0.5) is 11.9 Å². The molecule has 2 heterocycles. The summed E-state index contributed by atoms with van der Waals surface area (Å²) in [4.78, 5) is 8.74. The maximum atomic E-state index is 5.92. The molecule has 6 nitrogen and oxygen atoms in total. The molecule has 7 heteroatoms. The summed E-state index contributed by atoms with van der Waals surface area (Å²) in [6.45, 7) is 5.06. The number of nitrogen functional groups attached to an aromatic ring is 1. The SMILES string of the molecule is CC(C)CNc1nc(N)n(-c2nc3ccccc3s2)n1. The van der Waals surface area contributed by atoms with Crippen LogP contribution in [0.15, 0.2) is 24.3 Å². The lowest BCUT2D eigenvalue weighted by molar-refractivity contribution is 0.684. The molecule has 2 aromatic heterocycles. The van der Waals surface area contributed by atoms with Gasteiger partial charge in [0.2, 0.25) is 17.0 Å². The van der Waals surface area contributed by atoms with Gasteiger partial charge in [0.1, 0.15) is 0 Å². The Bertz CT molecular complexity index is 696. The molecule has 0 saturated heterocycles. The molecule has 0 radical (unpaired) electrons. The van der Waals surface area contributed by atoms with Crippen LogP contribution in [0, 0.1) is 5.92 Å². The van der Waals surface area contributed by atoms with Gasteiger partial charge in [0.25, 0.3) is 0 Å². The summed E-state index contributed by atoms with van der Waals surface area (Å²) < 4.78 is 2.68. The molecule has 0 atom stereocenters. The second kappa shape index (κ2) is 5.09. The van der Waals surface area contributed by atoms with Crippen LogP contribution in [0.5, 0.6) is 0 Å². The van der Waals surface area contributed by atoms with Crippen LogP contribution in [-0.2, 0) is 0 Å². The average Bonchev–Trinajstić information content (AvgIpc) is 2.99. The Morgan fingerprint density at radius 2 is 2.10 bits per heavy atom. The second-order valence-corrected chi connectivity index (χ2v) is 5.95. The summed E-state index contributed by atoms with van der Waals surface area (Å²) in [7, 11) is 0. The molecular formula is C13H16N6S. The summed E-state index contributed by atoms with van der Waals surface area (Å²) >= 11 is 1.54. The predicted molar refractivity (Wildman–Crippen MR) is 82.3 cm³/mol. The number of anilines is 2. The first kappa shape index (κ1) is 12.9. The number of thiazole rings is 1. The second-order valence-electron chi connectivity index (χ2n) is 4.94. The third-order valence-electron chi connectivity index (χ3n) is 2.76. The third-order valence-corrected chi connectivity index (χ3v) is 3.78. The summed E-state index contributed by atoms with van der Waals surface area (Å²) in [6.07, 6.45) is 0. The zero-order valence-corrected chi connectivity index (χ0v) is 12.2. The highest BCUT2D eigenvalue weighted by Gasteiger charge is 2.12. The molecule has 3 aromatic rings. The minimum absolute atomic E-state index is 0.343. The smallest absolute Gasteiger partial charge is 0.244 e. The number of nitrogens with zero attached hydrogens (tertiary/aromatic N) is 4. The van der Waals surface area contributed by atoms with Crippen LogP contribution in [0.25, 0.3) is 15.3 Å². The number of rotatable bonds is 4. The van der Waals surface area contributed by atoms with Crippen molar-refractivity contribution < 1.29 is 0 Å². The summed E-state index contributed by atoms with van der Waals surface area (Å²) in [5.41, 5.74) is 6.86. The fourth-order valence-electron chi connectivity index (χ4n) is 1.79. The number of para-hydroxylation sites is 1. The first-order valence-corrected chi connectivity index (χ1v) is 7.27. The van der Waals surface area contributed by atoms with Crippen LogP contribution < -0.4 is 11.1 Å². The van der Waals surface area contributed by atoms with E-state index in [1.165, 1.54) is 0 Å². The number of nitrogens with two attached hydrogens (primary N) is 1. The molecule has 3 rings (SSSR count). The van der Waals surface area contributed by atoms with E-state index in [2.05, 4.69) is 34.2 Å². The average molecular weight is 288 g/mol. The monoisotopic (exact) mass is 288 g/mol. The van der Waals surface area contributed by atoms with Gasteiger partial charge in [0.15, 0.2) is 0 Å². The Kier molecular flexibility index (Phi) is 3.27. The first-order valence-electron chi connectivity index (χ1n) is 6.46. The normalized spacial score (nSPS) is 11.3. The van der Waals surface area contributed by atoms with Crippen LogP contribution in [-0.4, -0.2) is 26.3 Å². The van der Waals surface area contributed by atoms with E-state index in [4.69, 9.17) is 5.73 Å². The molecule has 104 valence electrons. The molecule has 0 amide bonds. The van der Waals surface area contributed by atoms with Crippen molar-refractivity contribution in [1.82, 2.24) is 19.7 Å². The number of fused-ring (bicyclic) bond motifs is 1. The Labute approximate surface area is 120 Å². The minimum Gasteiger partial charge on any atom is -0.368 e. The highest BCUT2D eigenvalue weighted by molar-refractivity contribution is 7.20. The van der Waals surface area contributed by atoms with Gasteiger partial charge < -0.3 is 11.1 Å². The summed E-state index contributed by atoms with van der Waals surface area (Å²) in [6, 6.07) is 7.96. The van der Waals surface area contributed by atoms with E-state index < -0.39 is 0 Å². The number of benzene rings is 1. The van der Waals surface area contributed by atoms with Gasteiger partial charge in [-0.1, -0.05) is 37.3 Å². The Balaban J connectivity index is 1.93. The maximum Gasteiger partial charge on any atom is 0.244 e. The van der Waals surface area contributed by atoms with Crippen molar-refractivity contribution in [2.75, 3.05) is 17.6 Å². The van der Waals surface area contributed by atoms with Crippen molar-refractivity contribution in [3.63, 3.8) is 0 Å². The van der Waals surface area contributed by atoms with Crippen molar-refractivity contribution >= 4 is 33.5 Å². The molecule has 0 bridgehead atoms. The van der Waals surface area contributed by atoms with E-state index in [-0.39, 0.29) is 0 Å². The number of nitrogens with one attached hydrogen (secondary N) is 1. The lowest BCUT2D eigenvalue weighted by Crippen LogP contribution is -2.09. The van der Waals surface area contributed by atoms with E-state index in [0.29, 0.717) is 17.8 Å². The van der Waals surface area contributed by atoms with E-state index in [1.54, 1.807) is 16.0 Å². The minimum atomic E-state index is 0.343. The molecule has 0 unspecified atom stereocenters. The molecule has 0 fully saturated rings. The first-order chi connectivity index (χ1) is 9.63. The van der Waals surface area contributed by atoms with Gasteiger partial charge in [0.05, 0.1) is 10.2 Å². The summed E-state index contributed by atoms with van der Waals surface area (Å²) in [5, 5.41) is 8.26. The quantitative estimate of drug-likeness (QED) is 0.771. The number of aromatic nitrogens is 4. The van der Waals surface area contributed by atoms with E-state index in [1.807, 2.05) is 24.3 Å². The largest absolute Gasteiger partial charge is 0.368 e. The Morgan fingerprint density at radius 3 is 2.85 bits per heavy atom. The molecule has 0 saturated carbocycles. The molecule has 3 N–H and O–H groups in total. The number of hydrogen-bond donors (Lipinski definition) is 2. The van der Waals surface area contributed by atoms with Crippen molar-refractivity contribution in [2.24, 2.45) is 5.92 Å². The van der Waals surface area contributed by atoms with Crippen molar-refractivity contribution in [1.29, 1.82) is 0 Å². The van der Waals surface area contributed by atoms with Crippen LogP contribution >= 0.6 is 11.3 Å². The molecular weight excluding hydrogens is 272 g/mol. The molecule has 1 aromatic carbocycles. The lowest BCUT2D eigenvalue weighted by atomic mass is 10.2. The van der Waals surface area contributed by atoms with Gasteiger partial charge in [-0.25, -0.2) is 4.98 Å². The molecule has 0 aliphatic heterocycles. The maximum absolute atomic E-state index is 5.92. The van der Waals surface area contributed by atoms with Crippen LogP contribution in [0.3, 0.4) is 0 Å². The zero-order chi connectivity index (χ0) is 14.1. The van der Waals surface area contributed by atoms with Crippen LogP contribution in [0.1, 0.15) is 13.8 Å². The molecule has 0 aliphatic carbocycles. The van der Waals surface area contributed by atoms with Gasteiger partial charge >= 0.3 is 0 Å². The van der Waals surface area contributed by atoms with Crippen LogP contribution in [0.2, 0.25) is 0 Å². The van der Waals surface area contributed by atoms with Gasteiger partial charge in [-0.15, -0.1) is 5.10 Å². The fraction of sp³-hybridized carbons (Fsp3) is 0.308. The fourth-order valence-corrected chi connectivity index (χ4v) is 2.71. The third kappa shape index (κ3) is 2.44.